The highest BCUT2D eigenvalue weighted by Crippen LogP contribution is 2.30. The molecule has 0 radical (unpaired) electrons. The maximum atomic E-state index is 7.70. The average Bonchev–Trinajstić information content (AvgIpc) is 2.83. The van der Waals surface area contributed by atoms with Gasteiger partial charge < -0.3 is 20.1 Å². The molecular formula is C14H21N3O2. The lowest BCUT2D eigenvalue weighted by Crippen LogP contribution is -2.38. The van der Waals surface area contributed by atoms with E-state index in [1.165, 1.54) is 0 Å². The van der Waals surface area contributed by atoms with Crippen molar-refractivity contribution in [2.45, 2.75) is 25.5 Å². The molecule has 1 aliphatic rings. The Balaban J connectivity index is 2.37. The van der Waals surface area contributed by atoms with Crippen molar-refractivity contribution in [2.24, 2.45) is 5.73 Å². The summed E-state index contributed by atoms with van der Waals surface area (Å²) in [7, 11) is 3.64. The third-order valence-electron chi connectivity index (χ3n) is 3.71. The Hall–Kier alpha value is -1.75. The monoisotopic (exact) mass is 263 g/mol. The van der Waals surface area contributed by atoms with E-state index >= 15 is 0 Å². The van der Waals surface area contributed by atoms with Crippen LogP contribution in [-0.4, -0.2) is 38.7 Å². The molecule has 1 heterocycles. The lowest BCUT2D eigenvalue weighted by Gasteiger charge is -2.30. The van der Waals surface area contributed by atoms with Crippen LogP contribution >= 0.6 is 0 Å². The van der Waals surface area contributed by atoms with Gasteiger partial charge in [-0.3, -0.25) is 5.41 Å². The van der Waals surface area contributed by atoms with E-state index < -0.39 is 0 Å². The molecule has 19 heavy (non-hydrogen) atoms. The van der Waals surface area contributed by atoms with E-state index in [1.807, 2.05) is 25.2 Å². The first-order valence-corrected chi connectivity index (χ1v) is 6.41. The second-order valence-electron chi connectivity index (χ2n) is 4.84. The smallest absolute Gasteiger partial charge is 0.124 e. The molecule has 1 aliphatic heterocycles. The van der Waals surface area contributed by atoms with Crippen molar-refractivity contribution in [3.05, 3.63) is 23.8 Å². The lowest BCUT2D eigenvalue weighted by atomic mass is 10.1. The van der Waals surface area contributed by atoms with E-state index in [4.69, 9.17) is 20.6 Å². The summed E-state index contributed by atoms with van der Waals surface area (Å²) in [5, 5.41) is 7.70. The number of benzene rings is 1. The zero-order valence-corrected chi connectivity index (χ0v) is 11.6. The van der Waals surface area contributed by atoms with Gasteiger partial charge >= 0.3 is 0 Å². The van der Waals surface area contributed by atoms with Crippen molar-refractivity contribution in [3.63, 3.8) is 0 Å². The Morgan fingerprint density at radius 1 is 1.53 bits per heavy atom. The fourth-order valence-corrected chi connectivity index (χ4v) is 2.57. The van der Waals surface area contributed by atoms with E-state index in [1.54, 1.807) is 7.11 Å². The summed E-state index contributed by atoms with van der Waals surface area (Å²) in [5.74, 6) is 0.828. The van der Waals surface area contributed by atoms with Crippen LogP contribution in [0.2, 0.25) is 0 Å². The van der Waals surface area contributed by atoms with Gasteiger partial charge in [0.05, 0.1) is 24.9 Å². The fraction of sp³-hybridized carbons (Fsp3) is 0.500. The average molecular weight is 263 g/mol. The number of ether oxygens (including phenoxy) is 2. The summed E-state index contributed by atoms with van der Waals surface area (Å²) in [5.41, 5.74) is 7.30. The van der Waals surface area contributed by atoms with Crippen LogP contribution in [0.15, 0.2) is 18.2 Å². The van der Waals surface area contributed by atoms with Crippen molar-refractivity contribution in [3.8, 4) is 5.75 Å². The van der Waals surface area contributed by atoms with Crippen LogP contribution in [0.4, 0.5) is 5.69 Å². The molecule has 3 N–H and O–H groups in total. The Labute approximate surface area is 113 Å². The molecule has 0 bridgehead atoms. The zero-order valence-electron chi connectivity index (χ0n) is 11.6. The molecule has 2 rings (SSSR count). The molecule has 1 aromatic rings. The minimum Gasteiger partial charge on any atom is -0.497 e. The Morgan fingerprint density at radius 2 is 2.26 bits per heavy atom. The summed E-state index contributed by atoms with van der Waals surface area (Å²) >= 11 is 0. The summed E-state index contributed by atoms with van der Waals surface area (Å²) in [6.45, 7) is 2.84. The number of nitrogens with zero attached hydrogens (tertiary/aromatic N) is 1. The number of anilines is 1. The normalized spacial score (nSPS) is 22.3. The molecule has 2 unspecified atom stereocenters. The number of rotatable bonds is 4. The first-order chi connectivity index (χ1) is 9.04. The number of methoxy groups -OCH3 is 1. The number of nitrogens with two attached hydrogens (primary N) is 1. The van der Waals surface area contributed by atoms with Gasteiger partial charge in [-0.25, -0.2) is 0 Å². The van der Waals surface area contributed by atoms with Crippen LogP contribution in [-0.2, 0) is 4.74 Å². The van der Waals surface area contributed by atoms with E-state index in [0.29, 0.717) is 6.04 Å². The number of nitrogen functional groups attached to an aromatic ring is 1. The number of likely N-dealkylation sites (N-methyl/N-ethyl adjacent to an activating group) is 1. The summed E-state index contributed by atoms with van der Waals surface area (Å²) in [4.78, 5) is 2.14. The van der Waals surface area contributed by atoms with Gasteiger partial charge in [0, 0.05) is 25.3 Å². The first kappa shape index (κ1) is 13.7. The highest BCUT2D eigenvalue weighted by atomic mass is 16.5. The van der Waals surface area contributed by atoms with Crippen LogP contribution in [0.1, 0.15) is 18.9 Å². The molecule has 5 nitrogen and oxygen atoms in total. The molecule has 0 aromatic heterocycles. The zero-order chi connectivity index (χ0) is 14.0. The lowest BCUT2D eigenvalue weighted by molar-refractivity contribution is 0.118. The number of nitrogens with one attached hydrogen (secondary N) is 1. The highest BCUT2D eigenvalue weighted by molar-refractivity contribution is 6.00. The maximum Gasteiger partial charge on any atom is 0.124 e. The van der Waals surface area contributed by atoms with Gasteiger partial charge in [-0.1, -0.05) is 0 Å². The SMILES string of the molecule is COc1ccc(C(=N)N)c(N(C)C2CCOC2C)c1. The summed E-state index contributed by atoms with van der Waals surface area (Å²) < 4.78 is 10.9. The van der Waals surface area contributed by atoms with Crippen LogP contribution in [0.3, 0.4) is 0 Å². The first-order valence-electron chi connectivity index (χ1n) is 6.41. The predicted octanol–water partition coefficient (Wildman–Crippen LogP) is 1.59. The van der Waals surface area contributed by atoms with Gasteiger partial charge in [0.1, 0.15) is 11.6 Å². The molecule has 2 atom stereocenters. The number of amidine groups is 1. The van der Waals surface area contributed by atoms with Crippen LogP contribution in [0.25, 0.3) is 0 Å². The molecule has 5 heteroatoms. The molecule has 1 fully saturated rings. The van der Waals surface area contributed by atoms with Crippen LogP contribution < -0.4 is 15.4 Å². The van der Waals surface area contributed by atoms with Gasteiger partial charge in [-0.05, 0) is 25.5 Å². The topological polar surface area (TPSA) is 71.6 Å². The van der Waals surface area contributed by atoms with Gasteiger partial charge in [0.15, 0.2) is 0 Å². The van der Waals surface area contributed by atoms with Gasteiger partial charge in [-0.15, -0.1) is 0 Å². The summed E-state index contributed by atoms with van der Waals surface area (Å²) in [6, 6.07) is 5.86. The van der Waals surface area contributed by atoms with Crippen molar-refractivity contribution < 1.29 is 9.47 Å². The van der Waals surface area contributed by atoms with E-state index in [-0.39, 0.29) is 11.9 Å². The second-order valence-corrected chi connectivity index (χ2v) is 4.84. The molecule has 0 aliphatic carbocycles. The second kappa shape index (κ2) is 5.48. The highest BCUT2D eigenvalue weighted by Gasteiger charge is 2.29. The summed E-state index contributed by atoms with van der Waals surface area (Å²) in [6.07, 6.45) is 1.16. The Bertz CT molecular complexity index is 476. The van der Waals surface area contributed by atoms with Gasteiger partial charge in [0.2, 0.25) is 0 Å². The molecular weight excluding hydrogens is 242 g/mol. The molecule has 104 valence electrons. The van der Waals surface area contributed by atoms with E-state index in [9.17, 15) is 0 Å². The van der Waals surface area contributed by atoms with Crippen molar-refractivity contribution in [1.29, 1.82) is 5.41 Å². The standard InChI is InChI=1S/C14H21N3O2/c1-9-12(6-7-19-9)17(2)13-8-10(18-3)4-5-11(13)14(15)16/h4-5,8-9,12H,6-7H2,1-3H3,(H3,15,16). The van der Waals surface area contributed by atoms with Gasteiger partial charge in [-0.2, -0.15) is 0 Å². The minimum absolute atomic E-state index is 0.0658. The van der Waals surface area contributed by atoms with Crippen molar-refractivity contribution in [1.82, 2.24) is 0 Å². The minimum atomic E-state index is 0.0658. The number of hydrogen-bond donors (Lipinski definition) is 2. The Morgan fingerprint density at radius 3 is 2.79 bits per heavy atom. The molecule has 1 saturated heterocycles. The fourth-order valence-electron chi connectivity index (χ4n) is 2.57. The van der Waals surface area contributed by atoms with Crippen molar-refractivity contribution in [2.75, 3.05) is 25.7 Å². The molecule has 0 saturated carbocycles. The van der Waals surface area contributed by atoms with Gasteiger partial charge in [0.25, 0.3) is 0 Å². The quantitative estimate of drug-likeness (QED) is 0.639. The predicted molar refractivity (Wildman–Crippen MR) is 76.2 cm³/mol. The molecule has 1 aromatic carbocycles. The largest absolute Gasteiger partial charge is 0.497 e. The third-order valence-corrected chi connectivity index (χ3v) is 3.71. The third kappa shape index (κ3) is 2.66. The van der Waals surface area contributed by atoms with E-state index in [0.717, 1.165) is 30.0 Å². The Kier molecular flexibility index (Phi) is 3.95. The number of hydrogen-bond acceptors (Lipinski definition) is 4. The van der Waals surface area contributed by atoms with Crippen molar-refractivity contribution >= 4 is 11.5 Å². The molecule has 0 spiro atoms. The van der Waals surface area contributed by atoms with Crippen LogP contribution in [0, 0.1) is 5.41 Å². The van der Waals surface area contributed by atoms with E-state index in [2.05, 4.69) is 11.8 Å². The van der Waals surface area contributed by atoms with Crippen LogP contribution in [0.5, 0.6) is 5.75 Å². The maximum absolute atomic E-state index is 7.70. The molecule has 0 amide bonds.